The van der Waals surface area contributed by atoms with Crippen LogP contribution >= 0.6 is 15.9 Å². The Bertz CT molecular complexity index is 792. The summed E-state index contributed by atoms with van der Waals surface area (Å²) in [5.41, 5.74) is 3.29. The summed E-state index contributed by atoms with van der Waals surface area (Å²) in [5, 5.41) is 14.4. The third-order valence-corrected chi connectivity index (χ3v) is 4.15. The Morgan fingerprint density at radius 3 is 2.70 bits per heavy atom. The molecule has 6 heteroatoms. The summed E-state index contributed by atoms with van der Waals surface area (Å²) in [6.07, 6.45) is 1.60. The highest BCUT2D eigenvalue weighted by molar-refractivity contribution is 9.10. The SMILES string of the molecule is Cc1ccc(Nc2cnnc(NCc3ccccc3)n2)cc1Br. The molecular weight excluding hydrogens is 354 g/mol. The topological polar surface area (TPSA) is 62.7 Å². The number of anilines is 3. The van der Waals surface area contributed by atoms with Crippen molar-refractivity contribution >= 4 is 33.4 Å². The lowest BCUT2D eigenvalue weighted by atomic mass is 10.2. The van der Waals surface area contributed by atoms with Gasteiger partial charge in [0.1, 0.15) is 0 Å². The number of nitrogens with one attached hydrogen (secondary N) is 2. The van der Waals surface area contributed by atoms with Crippen molar-refractivity contribution in [2.24, 2.45) is 0 Å². The molecule has 0 atom stereocenters. The van der Waals surface area contributed by atoms with E-state index in [2.05, 4.69) is 41.7 Å². The molecule has 0 aliphatic carbocycles. The van der Waals surface area contributed by atoms with Gasteiger partial charge in [-0.25, -0.2) is 0 Å². The van der Waals surface area contributed by atoms with Crippen molar-refractivity contribution in [3.63, 3.8) is 0 Å². The van der Waals surface area contributed by atoms with Gasteiger partial charge in [0.15, 0.2) is 5.82 Å². The van der Waals surface area contributed by atoms with E-state index in [1.54, 1.807) is 6.20 Å². The minimum atomic E-state index is 0.491. The molecule has 1 heterocycles. The van der Waals surface area contributed by atoms with Crippen LogP contribution in [0.5, 0.6) is 0 Å². The first-order chi connectivity index (χ1) is 11.2. The van der Waals surface area contributed by atoms with Crippen LogP contribution in [0.15, 0.2) is 59.2 Å². The van der Waals surface area contributed by atoms with E-state index in [1.165, 1.54) is 5.56 Å². The van der Waals surface area contributed by atoms with Gasteiger partial charge < -0.3 is 10.6 Å². The molecule has 0 radical (unpaired) electrons. The van der Waals surface area contributed by atoms with Crippen molar-refractivity contribution in [3.05, 3.63) is 70.3 Å². The van der Waals surface area contributed by atoms with Crippen molar-refractivity contribution in [2.45, 2.75) is 13.5 Å². The molecule has 0 bridgehead atoms. The average Bonchev–Trinajstić information content (AvgIpc) is 2.58. The third kappa shape index (κ3) is 4.26. The monoisotopic (exact) mass is 369 g/mol. The standard InChI is InChI=1S/C17H16BrN5/c1-12-7-8-14(9-15(12)18)21-16-11-20-23-17(22-16)19-10-13-5-3-2-4-6-13/h2-9,11H,10H2,1H3,(H2,19,21,22,23). The van der Waals surface area contributed by atoms with Crippen LogP contribution in [0.4, 0.5) is 17.5 Å². The summed E-state index contributed by atoms with van der Waals surface area (Å²) in [4.78, 5) is 4.42. The first-order valence-corrected chi connectivity index (χ1v) is 8.01. The summed E-state index contributed by atoms with van der Waals surface area (Å²) < 4.78 is 1.05. The number of benzene rings is 2. The Hall–Kier alpha value is -2.47. The van der Waals surface area contributed by atoms with Crippen LogP contribution in [0.1, 0.15) is 11.1 Å². The van der Waals surface area contributed by atoms with Crippen LogP contribution in [0, 0.1) is 6.92 Å². The van der Waals surface area contributed by atoms with E-state index in [4.69, 9.17) is 0 Å². The second kappa shape index (κ2) is 7.19. The van der Waals surface area contributed by atoms with E-state index >= 15 is 0 Å². The van der Waals surface area contributed by atoms with Gasteiger partial charge in [0, 0.05) is 16.7 Å². The van der Waals surface area contributed by atoms with Crippen LogP contribution in [-0.4, -0.2) is 15.2 Å². The summed E-state index contributed by atoms with van der Waals surface area (Å²) in [7, 11) is 0. The highest BCUT2D eigenvalue weighted by Crippen LogP contribution is 2.22. The fraction of sp³-hybridized carbons (Fsp3) is 0.118. The van der Waals surface area contributed by atoms with E-state index in [-0.39, 0.29) is 0 Å². The van der Waals surface area contributed by atoms with Crippen LogP contribution in [0.25, 0.3) is 0 Å². The Morgan fingerprint density at radius 1 is 1.09 bits per heavy atom. The Balaban J connectivity index is 1.68. The molecule has 23 heavy (non-hydrogen) atoms. The molecule has 0 aliphatic heterocycles. The minimum absolute atomic E-state index is 0.491. The van der Waals surface area contributed by atoms with E-state index in [9.17, 15) is 0 Å². The zero-order valence-electron chi connectivity index (χ0n) is 12.6. The van der Waals surface area contributed by atoms with Gasteiger partial charge in [-0.15, -0.1) is 5.10 Å². The Morgan fingerprint density at radius 2 is 1.91 bits per heavy atom. The summed E-state index contributed by atoms with van der Waals surface area (Å²) >= 11 is 3.52. The number of hydrogen-bond donors (Lipinski definition) is 2. The first-order valence-electron chi connectivity index (χ1n) is 7.21. The second-order valence-electron chi connectivity index (χ2n) is 5.09. The van der Waals surface area contributed by atoms with Crippen molar-refractivity contribution < 1.29 is 0 Å². The van der Waals surface area contributed by atoms with Crippen molar-refractivity contribution in [1.29, 1.82) is 0 Å². The molecule has 0 saturated carbocycles. The molecule has 3 aromatic rings. The Labute approximate surface area is 143 Å². The molecule has 0 spiro atoms. The maximum atomic E-state index is 4.42. The van der Waals surface area contributed by atoms with Gasteiger partial charge in [-0.2, -0.15) is 10.1 Å². The van der Waals surface area contributed by atoms with Crippen molar-refractivity contribution in [3.8, 4) is 0 Å². The smallest absolute Gasteiger partial charge is 0.244 e. The molecule has 0 unspecified atom stereocenters. The molecule has 0 saturated heterocycles. The quantitative estimate of drug-likeness (QED) is 0.701. The van der Waals surface area contributed by atoms with Crippen LogP contribution in [0.3, 0.4) is 0 Å². The van der Waals surface area contributed by atoms with Gasteiger partial charge in [0.05, 0.1) is 6.20 Å². The molecule has 5 nitrogen and oxygen atoms in total. The fourth-order valence-electron chi connectivity index (χ4n) is 2.03. The van der Waals surface area contributed by atoms with E-state index in [0.29, 0.717) is 18.3 Å². The lowest BCUT2D eigenvalue weighted by molar-refractivity contribution is 0.949. The molecule has 2 N–H and O–H groups in total. The summed E-state index contributed by atoms with van der Waals surface area (Å²) in [5.74, 6) is 1.14. The van der Waals surface area contributed by atoms with Gasteiger partial charge in [-0.1, -0.05) is 52.3 Å². The number of nitrogens with zero attached hydrogens (tertiary/aromatic N) is 3. The maximum absolute atomic E-state index is 4.42. The first kappa shape index (κ1) is 15.4. The lowest BCUT2D eigenvalue weighted by Gasteiger charge is -2.09. The lowest BCUT2D eigenvalue weighted by Crippen LogP contribution is -2.06. The zero-order chi connectivity index (χ0) is 16.1. The van der Waals surface area contributed by atoms with Crippen molar-refractivity contribution in [1.82, 2.24) is 15.2 Å². The molecule has 1 aromatic heterocycles. The Kier molecular flexibility index (Phi) is 4.83. The molecule has 2 aromatic carbocycles. The second-order valence-corrected chi connectivity index (χ2v) is 5.95. The molecule has 0 amide bonds. The molecule has 3 rings (SSSR count). The van der Waals surface area contributed by atoms with Crippen molar-refractivity contribution in [2.75, 3.05) is 10.6 Å². The van der Waals surface area contributed by atoms with Gasteiger partial charge in [-0.05, 0) is 30.2 Å². The zero-order valence-corrected chi connectivity index (χ0v) is 14.2. The molecular formula is C17H16BrN5. The largest absolute Gasteiger partial charge is 0.349 e. The van der Waals surface area contributed by atoms with E-state index < -0.39 is 0 Å². The van der Waals surface area contributed by atoms with Gasteiger partial charge in [0.25, 0.3) is 0 Å². The van der Waals surface area contributed by atoms with E-state index in [0.717, 1.165) is 15.7 Å². The highest BCUT2D eigenvalue weighted by atomic mass is 79.9. The molecule has 0 aliphatic rings. The maximum Gasteiger partial charge on any atom is 0.244 e. The predicted octanol–water partition coefficient (Wildman–Crippen LogP) is 4.30. The number of aromatic nitrogens is 3. The molecule has 0 fully saturated rings. The van der Waals surface area contributed by atoms with Gasteiger partial charge in [0.2, 0.25) is 5.95 Å². The van der Waals surface area contributed by atoms with E-state index in [1.807, 2.05) is 55.5 Å². The number of rotatable bonds is 5. The van der Waals surface area contributed by atoms with Gasteiger partial charge >= 0.3 is 0 Å². The average molecular weight is 370 g/mol. The van der Waals surface area contributed by atoms with Crippen LogP contribution < -0.4 is 10.6 Å². The number of halogens is 1. The summed E-state index contributed by atoms with van der Waals surface area (Å²) in [6.45, 7) is 2.70. The predicted molar refractivity (Wildman–Crippen MR) is 95.8 cm³/mol. The number of aryl methyl sites for hydroxylation is 1. The summed E-state index contributed by atoms with van der Waals surface area (Å²) in [6, 6.07) is 16.1. The fourth-order valence-corrected chi connectivity index (χ4v) is 2.41. The normalized spacial score (nSPS) is 10.3. The minimum Gasteiger partial charge on any atom is -0.349 e. The molecule has 116 valence electrons. The van der Waals surface area contributed by atoms with Crippen LogP contribution in [-0.2, 0) is 6.54 Å². The highest BCUT2D eigenvalue weighted by Gasteiger charge is 2.03. The van der Waals surface area contributed by atoms with Gasteiger partial charge in [-0.3, -0.25) is 0 Å². The third-order valence-electron chi connectivity index (χ3n) is 3.30. The number of hydrogen-bond acceptors (Lipinski definition) is 5. The van der Waals surface area contributed by atoms with Crippen LogP contribution in [0.2, 0.25) is 0 Å².